The van der Waals surface area contributed by atoms with Gasteiger partial charge in [-0.25, -0.2) is 0 Å². The lowest BCUT2D eigenvalue weighted by Gasteiger charge is -2.15. The van der Waals surface area contributed by atoms with E-state index in [9.17, 15) is 0 Å². The van der Waals surface area contributed by atoms with Crippen molar-refractivity contribution in [3.8, 4) is 6.01 Å². The largest absolute Gasteiger partial charge is 0.464 e. The minimum absolute atomic E-state index is 0.183. The SMILES string of the molecule is CCCCC(CC)CNc1nc(N)nc(OCC)n1. The highest BCUT2D eigenvalue weighted by molar-refractivity contribution is 5.32. The number of nitrogens with one attached hydrogen (secondary N) is 1. The molecule has 1 atom stereocenters. The van der Waals surface area contributed by atoms with E-state index in [-0.39, 0.29) is 12.0 Å². The Morgan fingerprint density at radius 3 is 2.63 bits per heavy atom. The number of anilines is 2. The second-order valence-electron chi connectivity index (χ2n) is 4.53. The van der Waals surface area contributed by atoms with Crippen molar-refractivity contribution in [1.82, 2.24) is 15.0 Å². The van der Waals surface area contributed by atoms with Gasteiger partial charge in [0.2, 0.25) is 11.9 Å². The molecule has 0 aliphatic carbocycles. The van der Waals surface area contributed by atoms with E-state index >= 15 is 0 Å². The maximum absolute atomic E-state index is 5.63. The van der Waals surface area contributed by atoms with Crippen LogP contribution >= 0.6 is 0 Å². The van der Waals surface area contributed by atoms with E-state index in [0.717, 1.165) is 13.0 Å². The minimum atomic E-state index is 0.183. The van der Waals surface area contributed by atoms with E-state index in [1.807, 2.05) is 6.92 Å². The van der Waals surface area contributed by atoms with Gasteiger partial charge in [-0.3, -0.25) is 0 Å². The fourth-order valence-corrected chi connectivity index (χ4v) is 1.82. The Kier molecular flexibility index (Phi) is 6.92. The topological polar surface area (TPSA) is 86.0 Å². The van der Waals surface area contributed by atoms with Crippen molar-refractivity contribution in [1.29, 1.82) is 0 Å². The van der Waals surface area contributed by atoms with E-state index in [2.05, 4.69) is 34.1 Å². The van der Waals surface area contributed by atoms with Gasteiger partial charge >= 0.3 is 6.01 Å². The molecule has 1 aromatic heterocycles. The van der Waals surface area contributed by atoms with Gasteiger partial charge in [0.05, 0.1) is 6.61 Å². The normalized spacial score (nSPS) is 12.2. The van der Waals surface area contributed by atoms with Crippen molar-refractivity contribution in [2.75, 3.05) is 24.2 Å². The molecule has 1 rings (SSSR count). The van der Waals surface area contributed by atoms with Crippen LogP contribution in [-0.2, 0) is 0 Å². The average Bonchev–Trinajstić information content (AvgIpc) is 2.39. The smallest absolute Gasteiger partial charge is 0.323 e. The molecule has 1 heterocycles. The van der Waals surface area contributed by atoms with Gasteiger partial charge in [0.25, 0.3) is 0 Å². The molecule has 6 heteroatoms. The zero-order valence-electron chi connectivity index (χ0n) is 12.1. The van der Waals surface area contributed by atoms with Gasteiger partial charge in [-0.05, 0) is 19.3 Å². The molecule has 1 aromatic rings. The molecule has 0 aliphatic rings. The summed E-state index contributed by atoms with van der Waals surface area (Å²) < 4.78 is 5.24. The molecule has 0 amide bonds. The Labute approximate surface area is 115 Å². The number of hydrogen-bond donors (Lipinski definition) is 2. The van der Waals surface area contributed by atoms with Gasteiger partial charge in [0.1, 0.15) is 0 Å². The lowest BCUT2D eigenvalue weighted by Crippen LogP contribution is -2.16. The van der Waals surface area contributed by atoms with E-state index in [1.165, 1.54) is 19.3 Å². The maximum atomic E-state index is 5.63. The number of rotatable bonds is 9. The summed E-state index contributed by atoms with van der Waals surface area (Å²) >= 11 is 0. The highest BCUT2D eigenvalue weighted by Gasteiger charge is 2.09. The van der Waals surface area contributed by atoms with E-state index in [1.54, 1.807) is 0 Å². The molecule has 0 saturated carbocycles. The first kappa shape index (κ1) is 15.5. The number of nitrogens with zero attached hydrogens (tertiary/aromatic N) is 3. The van der Waals surface area contributed by atoms with Crippen molar-refractivity contribution in [2.45, 2.75) is 46.5 Å². The summed E-state index contributed by atoms with van der Waals surface area (Å²) in [6, 6.07) is 0.277. The van der Waals surface area contributed by atoms with Gasteiger partial charge in [0, 0.05) is 6.54 Å². The molecular formula is C13H25N5O. The maximum Gasteiger partial charge on any atom is 0.323 e. The minimum Gasteiger partial charge on any atom is -0.464 e. The lowest BCUT2D eigenvalue weighted by atomic mass is 9.99. The van der Waals surface area contributed by atoms with Crippen LogP contribution in [0.2, 0.25) is 0 Å². The fourth-order valence-electron chi connectivity index (χ4n) is 1.82. The summed E-state index contributed by atoms with van der Waals surface area (Å²) in [5, 5.41) is 3.22. The molecule has 1 unspecified atom stereocenters. The summed E-state index contributed by atoms with van der Waals surface area (Å²) in [6.45, 7) is 7.66. The average molecular weight is 267 g/mol. The van der Waals surface area contributed by atoms with Gasteiger partial charge in [0.15, 0.2) is 0 Å². The number of nitrogen functional groups attached to an aromatic ring is 1. The van der Waals surface area contributed by atoms with Crippen molar-refractivity contribution in [3.63, 3.8) is 0 Å². The molecule has 0 radical (unpaired) electrons. The summed E-state index contributed by atoms with van der Waals surface area (Å²) in [4.78, 5) is 12.2. The predicted octanol–water partition coefficient (Wildman–Crippen LogP) is 2.48. The summed E-state index contributed by atoms with van der Waals surface area (Å²) in [6.07, 6.45) is 4.85. The van der Waals surface area contributed by atoms with Crippen molar-refractivity contribution in [2.24, 2.45) is 5.92 Å². The Hall–Kier alpha value is -1.59. The van der Waals surface area contributed by atoms with Crippen molar-refractivity contribution in [3.05, 3.63) is 0 Å². The summed E-state index contributed by atoms with van der Waals surface area (Å²) in [5.74, 6) is 1.31. The van der Waals surface area contributed by atoms with Crippen LogP contribution in [0.3, 0.4) is 0 Å². The van der Waals surface area contributed by atoms with Gasteiger partial charge in [-0.2, -0.15) is 15.0 Å². The molecule has 108 valence electrons. The van der Waals surface area contributed by atoms with Crippen LogP contribution in [0.5, 0.6) is 6.01 Å². The second kappa shape index (κ2) is 8.50. The van der Waals surface area contributed by atoms with Gasteiger partial charge in [-0.1, -0.05) is 33.1 Å². The number of ether oxygens (including phenoxy) is 1. The summed E-state index contributed by atoms with van der Waals surface area (Å²) in [7, 11) is 0. The Morgan fingerprint density at radius 2 is 2.00 bits per heavy atom. The standard InChI is InChI=1S/C13H25N5O/c1-4-7-8-10(5-2)9-15-12-16-11(14)17-13(18-12)19-6-3/h10H,4-9H2,1-3H3,(H3,14,15,16,17,18). The van der Waals surface area contributed by atoms with Gasteiger partial charge < -0.3 is 15.8 Å². The lowest BCUT2D eigenvalue weighted by molar-refractivity contribution is 0.312. The van der Waals surface area contributed by atoms with Crippen molar-refractivity contribution >= 4 is 11.9 Å². The third-order valence-electron chi connectivity index (χ3n) is 3.00. The van der Waals surface area contributed by atoms with Crippen LogP contribution in [-0.4, -0.2) is 28.1 Å². The molecule has 19 heavy (non-hydrogen) atoms. The molecule has 0 aromatic carbocycles. The monoisotopic (exact) mass is 267 g/mol. The van der Waals surface area contributed by atoms with Crippen LogP contribution in [0.1, 0.15) is 46.5 Å². The van der Waals surface area contributed by atoms with E-state index in [0.29, 0.717) is 18.5 Å². The molecule has 0 saturated heterocycles. The van der Waals surface area contributed by atoms with Gasteiger partial charge in [-0.15, -0.1) is 0 Å². The highest BCUT2D eigenvalue weighted by Crippen LogP contribution is 2.14. The van der Waals surface area contributed by atoms with E-state index in [4.69, 9.17) is 10.5 Å². The van der Waals surface area contributed by atoms with Crippen LogP contribution < -0.4 is 15.8 Å². The predicted molar refractivity (Wildman–Crippen MR) is 77.2 cm³/mol. The molecule has 0 bridgehead atoms. The van der Waals surface area contributed by atoms with E-state index < -0.39 is 0 Å². The van der Waals surface area contributed by atoms with Crippen LogP contribution in [0.15, 0.2) is 0 Å². The zero-order valence-corrected chi connectivity index (χ0v) is 12.1. The highest BCUT2D eigenvalue weighted by atomic mass is 16.5. The number of unbranched alkanes of at least 4 members (excludes halogenated alkanes) is 1. The Morgan fingerprint density at radius 1 is 1.21 bits per heavy atom. The first-order chi connectivity index (χ1) is 9.19. The Balaban J connectivity index is 2.55. The van der Waals surface area contributed by atoms with Crippen molar-refractivity contribution < 1.29 is 4.74 Å². The number of aromatic nitrogens is 3. The first-order valence-corrected chi connectivity index (χ1v) is 7.07. The molecule has 0 spiro atoms. The second-order valence-corrected chi connectivity index (χ2v) is 4.53. The Bertz CT molecular complexity index is 372. The molecule has 0 aliphatic heterocycles. The molecule has 3 N–H and O–H groups in total. The third-order valence-corrected chi connectivity index (χ3v) is 3.00. The number of hydrogen-bond acceptors (Lipinski definition) is 6. The van der Waals surface area contributed by atoms with Crippen LogP contribution in [0.25, 0.3) is 0 Å². The third kappa shape index (κ3) is 5.72. The molecule has 0 fully saturated rings. The van der Waals surface area contributed by atoms with Crippen LogP contribution in [0.4, 0.5) is 11.9 Å². The fraction of sp³-hybridized carbons (Fsp3) is 0.769. The quantitative estimate of drug-likeness (QED) is 0.715. The molecular weight excluding hydrogens is 242 g/mol. The van der Waals surface area contributed by atoms with Crippen LogP contribution in [0, 0.1) is 5.92 Å². The summed E-state index contributed by atoms with van der Waals surface area (Å²) in [5.41, 5.74) is 5.63. The first-order valence-electron chi connectivity index (χ1n) is 7.07. The zero-order chi connectivity index (χ0) is 14.1. The number of nitrogens with two attached hydrogens (primary N) is 1. The molecule has 6 nitrogen and oxygen atoms in total.